The fraction of sp³-hybridized carbons (Fsp3) is 0.308. The third kappa shape index (κ3) is 1.76. The first-order valence-corrected chi connectivity index (χ1v) is 6.02. The summed E-state index contributed by atoms with van der Waals surface area (Å²) in [7, 11) is 0. The van der Waals surface area contributed by atoms with E-state index in [1.54, 1.807) is 6.08 Å². The molecule has 0 amide bonds. The van der Waals surface area contributed by atoms with E-state index in [2.05, 4.69) is 6.58 Å². The summed E-state index contributed by atoms with van der Waals surface area (Å²) in [6.45, 7) is 5.54. The Balaban J connectivity index is 2.60. The van der Waals surface area contributed by atoms with Crippen molar-refractivity contribution in [2.45, 2.75) is 19.8 Å². The lowest BCUT2D eigenvalue weighted by molar-refractivity contribution is 0.0845. The highest BCUT2D eigenvalue weighted by Crippen LogP contribution is 2.47. The van der Waals surface area contributed by atoms with E-state index in [-0.39, 0.29) is 21.6 Å². The van der Waals surface area contributed by atoms with E-state index >= 15 is 0 Å². The largest absolute Gasteiger partial charge is 0.506 e. The first-order chi connectivity index (χ1) is 7.90. The predicted molar refractivity (Wildman–Crippen MR) is 69.1 cm³/mol. The van der Waals surface area contributed by atoms with Gasteiger partial charge in [0.05, 0.1) is 5.02 Å². The van der Waals surface area contributed by atoms with Gasteiger partial charge in [0.15, 0.2) is 5.78 Å². The van der Waals surface area contributed by atoms with Crippen molar-refractivity contribution >= 4 is 29.0 Å². The van der Waals surface area contributed by atoms with Gasteiger partial charge in [-0.1, -0.05) is 36.2 Å². The van der Waals surface area contributed by atoms with Gasteiger partial charge in [-0.2, -0.15) is 0 Å². The summed E-state index contributed by atoms with van der Waals surface area (Å²) in [4.78, 5) is 12.3. The van der Waals surface area contributed by atoms with Gasteiger partial charge in [0.25, 0.3) is 0 Å². The summed E-state index contributed by atoms with van der Waals surface area (Å²) < 4.78 is 0. The molecule has 2 rings (SSSR count). The Morgan fingerprint density at radius 3 is 2.76 bits per heavy atom. The average molecular weight is 271 g/mol. The van der Waals surface area contributed by atoms with E-state index in [0.717, 1.165) is 5.56 Å². The number of fused-ring (bicyclic) bond motifs is 1. The molecule has 0 saturated carbocycles. The summed E-state index contributed by atoms with van der Waals surface area (Å²) >= 11 is 11.9. The zero-order valence-corrected chi connectivity index (χ0v) is 10.9. The molecule has 0 spiro atoms. The van der Waals surface area contributed by atoms with Crippen molar-refractivity contribution in [1.82, 2.24) is 0 Å². The van der Waals surface area contributed by atoms with E-state index in [4.69, 9.17) is 23.2 Å². The molecular formula is C13H12Cl2O2. The molecule has 0 radical (unpaired) electrons. The van der Waals surface area contributed by atoms with E-state index in [0.29, 0.717) is 18.4 Å². The minimum Gasteiger partial charge on any atom is -0.506 e. The zero-order chi connectivity index (χ0) is 12.8. The van der Waals surface area contributed by atoms with E-state index < -0.39 is 5.41 Å². The van der Waals surface area contributed by atoms with Crippen LogP contribution in [0.2, 0.25) is 10.0 Å². The van der Waals surface area contributed by atoms with E-state index in [9.17, 15) is 9.90 Å². The Morgan fingerprint density at radius 2 is 2.18 bits per heavy atom. The Bertz CT molecular complexity index is 523. The molecule has 1 aliphatic carbocycles. The van der Waals surface area contributed by atoms with Crippen LogP contribution in [0.3, 0.4) is 0 Å². The van der Waals surface area contributed by atoms with Crippen molar-refractivity contribution in [2.75, 3.05) is 0 Å². The van der Waals surface area contributed by atoms with Crippen molar-refractivity contribution < 1.29 is 9.90 Å². The number of carbonyl (C=O) groups is 1. The van der Waals surface area contributed by atoms with E-state index in [1.807, 2.05) is 6.92 Å². The smallest absolute Gasteiger partial charge is 0.171 e. The Morgan fingerprint density at radius 1 is 1.53 bits per heavy atom. The number of hydrogen-bond acceptors (Lipinski definition) is 2. The SMILES string of the molecule is C=CCC1(C)Cc2cc(O)c(Cl)c(Cl)c2C1=O. The molecule has 1 atom stereocenters. The minimum absolute atomic E-state index is 0.0284. The third-order valence-corrected chi connectivity index (χ3v) is 4.08. The van der Waals surface area contributed by atoms with Crippen molar-refractivity contribution in [3.05, 3.63) is 39.9 Å². The second-order valence-corrected chi connectivity index (χ2v) is 5.37. The van der Waals surface area contributed by atoms with Crippen LogP contribution in [0.4, 0.5) is 0 Å². The van der Waals surface area contributed by atoms with Gasteiger partial charge >= 0.3 is 0 Å². The van der Waals surface area contributed by atoms with Gasteiger partial charge in [-0.15, -0.1) is 6.58 Å². The van der Waals surface area contributed by atoms with Gasteiger partial charge in [-0.3, -0.25) is 4.79 Å². The molecule has 1 unspecified atom stereocenters. The fourth-order valence-corrected chi connectivity index (χ4v) is 2.79. The van der Waals surface area contributed by atoms with E-state index in [1.165, 1.54) is 6.07 Å². The first kappa shape index (κ1) is 12.5. The molecule has 4 heteroatoms. The van der Waals surface area contributed by atoms with Crippen molar-refractivity contribution in [3.63, 3.8) is 0 Å². The van der Waals surface area contributed by atoms with Crippen LogP contribution in [0.15, 0.2) is 18.7 Å². The minimum atomic E-state index is -0.523. The number of ketones is 1. The van der Waals surface area contributed by atoms with Gasteiger partial charge in [0, 0.05) is 11.0 Å². The molecule has 0 bridgehead atoms. The van der Waals surface area contributed by atoms with Gasteiger partial charge in [-0.05, 0) is 24.5 Å². The standard InChI is InChI=1S/C13H12Cl2O2/c1-3-4-13(2)6-7-5-8(16)10(14)11(15)9(7)12(13)17/h3,5,16H,1,4,6H2,2H3. The number of hydrogen-bond donors (Lipinski definition) is 1. The Labute approximate surface area is 110 Å². The third-order valence-electron chi connectivity index (χ3n) is 3.22. The number of halogens is 2. The van der Waals surface area contributed by atoms with Crippen LogP contribution in [0.25, 0.3) is 0 Å². The lowest BCUT2D eigenvalue weighted by Gasteiger charge is -2.19. The molecule has 0 aromatic heterocycles. The van der Waals surface area contributed by atoms with Crippen LogP contribution in [0.1, 0.15) is 29.3 Å². The fourth-order valence-electron chi connectivity index (χ4n) is 2.33. The van der Waals surface area contributed by atoms with Crippen molar-refractivity contribution in [2.24, 2.45) is 5.41 Å². The molecule has 0 saturated heterocycles. The Kier molecular flexibility index (Phi) is 2.96. The number of carbonyl (C=O) groups excluding carboxylic acids is 1. The van der Waals surface area contributed by atoms with Gasteiger partial charge in [0.1, 0.15) is 10.8 Å². The summed E-state index contributed by atoms with van der Waals surface area (Å²) in [6, 6.07) is 1.52. The monoisotopic (exact) mass is 270 g/mol. The number of rotatable bonds is 2. The molecule has 0 fully saturated rings. The zero-order valence-electron chi connectivity index (χ0n) is 9.39. The van der Waals surface area contributed by atoms with Crippen LogP contribution in [-0.2, 0) is 6.42 Å². The van der Waals surface area contributed by atoms with Crippen LogP contribution in [0, 0.1) is 5.41 Å². The number of phenols is 1. The highest BCUT2D eigenvalue weighted by molar-refractivity contribution is 6.45. The summed E-state index contributed by atoms with van der Waals surface area (Å²) in [5, 5.41) is 9.80. The summed E-state index contributed by atoms with van der Waals surface area (Å²) in [5.74, 6) is -0.106. The number of aromatic hydroxyl groups is 1. The normalized spacial score (nSPS) is 22.6. The quantitative estimate of drug-likeness (QED) is 0.825. The second kappa shape index (κ2) is 4.04. The number of Topliss-reactive ketones (excluding diaryl/α,β-unsaturated/α-hetero) is 1. The van der Waals surface area contributed by atoms with Crippen molar-refractivity contribution in [3.8, 4) is 5.75 Å². The van der Waals surface area contributed by atoms with Crippen molar-refractivity contribution in [1.29, 1.82) is 0 Å². The molecule has 2 nitrogen and oxygen atoms in total. The lowest BCUT2D eigenvalue weighted by Crippen LogP contribution is -2.23. The molecule has 90 valence electrons. The number of phenolic OH excluding ortho intramolecular Hbond substituents is 1. The summed E-state index contributed by atoms with van der Waals surface area (Å²) in [5.41, 5.74) is 0.676. The van der Waals surface area contributed by atoms with Gasteiger partial charge in [-0.25, -0.2) is 0 Å². The average Bonchev–Trinajstić information content (AvgIpc) is 2.49. The Hall–Kier alpha value is -0.990. The number of benzene rings is 1. The van der Waals surface area contributed by atoms with Gasteiger partial charge < -0.3 is 5.11 Å². The molecule has 17 heavy (non-hydrogen) atoms. The molecule has 0 aliphatic heterocycles. The number of allylic oxidation sites excluding steroid dienone is 1. The second-order valence-electron chi connectivity index (χ2n) is 4.62. The summed E-state index contributed by atoms with van der Waals surface area (Å²) in [6.07, 6.45) is 2.85. The topological polar surface area (TPSA) is 37.3 Å². The molecule has 1 N–H and O–H groups in total. The van der Waals surface area contributed by atoms with Crippen LogP contribution < -0.4 is 0 Å². The maximum Gasteiger partial charge on any atom is 0.171 e. The molecular weight excluding hydrogens is 259 g/mol. The maximum absolute atomic E-state index is 12.3. The molecule has 1 aromatic carbocycles. The van der Waals surface area contributed by atoms with Crippen LogP contribution in [-0.4, -0.2) is 10.9 Å². The highest BCUT2D eigenvalue weighted by atomic mass is 35.5. The van der Waals surface area contributed by atoms with Gasteiger partial charge in [0.2, 0.25) is 0 Å². The molecule has 0 heterocycles. The molecule has 1 aliphatic rings. The molecule has 1 aromatic rings. The van der Waals surface area contributed by atoms with Crippen LogP contribution in [0.5, 0.6) is 5.75 Å². The highest BCUT2D eigenvalue weighted by Gasteiger charge is 2.42. The first-order valence-electron chi connectivity index (χ1n) is 5.26. The predicted octanol–water partition coefficient (Wildman–Crippen LogP) is 4.02. The maximum atomic E-state index is 12.3. The van der Waals surface area contributed by atoms with Crippen LogP contribution >= 0.6 is 23.2 Å². The lowest BCUT2D eigenvalue weighted by atomic mass is 9.83.